The van der Waals surface area contributed by atoms with Crippen LogP contribution < -0.4 is 0 Å². The van der Waals surface area contributed by atoms with E-state index in [0.29, 0.717) is 11.8 Å². The summed E-state index contributed by atoms with van der Waals surface area (Å²) in [6.45, 7) is 0. The Hall–Kier alpha value is -0.300. The predicted molar refractivity (Wildman–Crippen MR) is 40.0 cm³/mol. The van der Waals surface area contributed by atoms with Crippen LogP contribution in [0, 0.1) is 11.8 Å². The van der Waals surface area contributed by atoms with Gasteiger partial charge in [0.1, 0.15) is 11.2 Å². The van der Waals surface area contributed by atoms with Gasteiger partial charge in [0.2, 0.25) is 0 Å². The second kappa shape index (κ2) is 1.85. The summed E-state index contributed by atoms with van der Waals surface area (Å²) >= 11 is 6.03. The van der Waals surface area contributed by atoms with E-state index in [1.54, 1.807) is 0 Å². The predicted octanol–water partition coefficient (Wildman–Crippen LogP) is 1.76. The summed E-state index contributed by atoms with van der Waals surface area (Å²) in [7, 11) is 0. The summed E-state index contributed by atoms with van der Waals surface area (Å²) in [4.78, 5) is 10.0. The Morgan fingerprint density at radius 3 is 2.70 bits per heavy atom. The van der Waals surface area contributed by atoms with Gasteiger partial charge < -0.3 is 4.79 Å². The van der Waals surface area contributed by atoms with Gasteiger partial charge in [-0.3, -0.25) is 0 Å². The van der Waals surface area contributed by atoms with Crippen LogP contribution in [0.1, 0.15) is 12.8 Å². The molecule has 10 heavy (non-hydrogen) atoms. The summed E-state index contributed by atoms with van der Waals surface area (Å²) in [5.74, 6) is 0.893. The number of carbonyl (C=O) groups is 1. The van der Waals surface area contributed by atoms with Gasteiger partial charge in [-0.1, -0.05) is 12.2 Å². The van der Waals surface area contributed by atoms with Crippen molar-refractivity contribution in [2.45, 2.75) is 17.7 Å². The molecule has 0 unspecified atom stereocenters. The van der Waals surface area contributed by atoms with E-state index in [1.165, 1.54) is 0 Å². The normalized spacial score (nSPS) is 50.1. The van der Waals surface area contributed by atoms with Crippen LogP contribution >= 0.6 is 11.6 Å². The zero-order chi connectivity index (χ0) is 7.19. The average Bonchev–Trinajstić information content (AvgIpc) is 2.46. The number of halogens is 1. The highest BCUT2D eigenvalue weighted by Gasteiger charge is 2.46. The van der Waals surface area contributed by atoms with Crippen molar-refractivity contribution in [1.82, 2.24) is 0 Å². The molecule has 1 nitrogen and oxygen atoms in total. The number of carbonyl (C=O) groups excluding carboxylic acids is 1. The van der Waals surface area contributed by atoms with Gasteiger partial charge in [-0.15, -0.1) is 11.6 Å². The number of allylic oxidation sites excluding steroid dienone is 2. The minimum atomic E-state index is -0.542. The summed E-state index contributed by atoms with van der Waals surface area (Å²) in [6.07, 6.45) is 7.09. The van der Waals surface area contributed by atoms with Gasteiger partial charge in [-0.05, 0) is 18.8 Å². The molecule has 0 radical (unpaired) electrons. The quantitative estimate of drug-likeness (QED) is 0.321. The van der Waals surface area contributed by atoms with E-state index in [1.807, 2.05) is 0 Å². The minimum absolute atomic E-state index is 0.316. The van der Waals surface area contributed by atoms with Crippen molar-refractivity contribution in [1.29, 1.82) is 0 Å². The highest BCUT2D eigenvalue weighted by molar-refractivity contribution is 6.32. The summed E-state index contributed by atoms with van der Waals surface area (Å²) in [6, 6.07) is 0. The third-order valence-corrected chi connectivity index (χ3v) is 3.08. The lowest BCUT2D eigenvalue weighted by molar-refractivity contribution is -0.110. The van der Waals surface area contributed by atoms with Gasteiger partial charge in [-0.25, -0.2) is 0 Å². The fourth-order valence-corrected chi connectivity index (χ4v) is 2.33. The van der Waals surface area contributed by atoms with Crippen LogP contribution in [0.4, 0.5) is 0 Å². The van der Waals surface area contributed by atoms with E-state index < -0.39 is 4.87 Å². The van der Waals surface area contributed by atoms with Gasteiger partial charge in [0.05, 0.1) is 0 Å². The molecule has 0 aromatic carbocycles. The fraction of sp³-hybridized carbons (Fsp3) is 0.625. The molecular weight excluding hydrogens is 148 g/mol. The first kappa shape index (κ1) is 6.41. The third-order valence-electron chi connectivity index (χ3n) is 2.56. The van der Waals surface area contributed by atoms with Crippen molar-refractivity contribution >= 4 is 17.9 Å². The Morgan fingerprint density at radius 2 is 2.40 bits per heavy atom. The molecule has 2 aliphatic carbocycles. The SMILES string of the molecule is O=C[C@@]1(Cl)C[C@H]2C=C[C@@H]1C2. The maximum Gasteiger partial charge on any atom is 0.141 e. The van der Waals surface area contributed by atoms with Crippen LogP contribution in [0.5, 0.6) is 0 Å². The smallest absolute Gasteiger partial charge is 0.141 e. The minimum Gasteiger partial charge on any atom is -0.301 e. The van der Waals surface area contributed by atoms with E-state index in [-0.39, 0.29) is 0 Å². The Bertz CT molecular complexity index is 199. The molecule has 54 valence electrons. The zero-order valence-corrected chi connectivity index (χ0v) is 6.34. The molecule has 1 fully saturated rings. The van der Waals surface area contributed by atoms with E-state index in [4.69, 9.17) is 11.6 Å². The first-order valence-electron chi connectivity index (χ1n) is 3.58. The molecule has 0 aromatic rings. The highest BCUT2D eigenvalue weighted by atomic mass is 35.5. The molecule has 0 spiro atoms. The Morgan fingerprint density at radius 1 is 1.60 bits per heavy atom. The second-order valence-electron chi connectivity index (χ2n) is 3.24. The molecule has 0 heterocycles. The van der Waals surface area contributed by atoms with Crippen LogP contribution in [0.3, 0.4) is 0 Å². The van der Waals surface area contributed by atoms with Crippen LogP contribution in [0.25, 0.3) is 0 Å². The third kappa shape index (κ3) is 0.671. The van der Waals surface area contributed by atoms with Gasteiger partial charge in [0.25, 0.3) is 0 Å². The molecule has 0 saturated heterocycles. The Kier molecular flexibility index (Phi) is 1.19. The lowest BCUT2D eigenvalue weighted by Gasteiger charge is -2.20. The zero-order valence-electron chi connectivity index (χ0n) is 5.59. The van der Waals surface area contributed by atoms with E-state index in [2.05, 4.69) is 12.2 Å². The number of hydrogen-bond donors (Lipinski definition) is 0. The largest absolute Gasteiger partial charge is 0.301 e. The molecular formula is C8H9ClO. The van der Waals surface area contributed by atoms with Crippen molar-refractivity contribution in [3.63, 3.8) is 0 Å². The van der Waals surface area contributed by atoms with Crippen LogP contribution in [-0.2, 0) is 4.79 Å². The van der Waals surface area contributed by atoms with Crippen LogP contribution in [0.2, 0.25) is 0 Å². The van der Waals surface area contributed by atoms with Crippen molar-refractivity contribution < 1.29 is 4.79 Å². The summed E-state index contributed by atoms with van der Waals surface area (Å²) < 4.78 is 0. The first-order chi connectivity index (χ1) is 4.74. The lowest BCUT2D eigenvalue weighted by atomic mass is 9.94. The molecule has 0 amide bonds. The average molecular weight is 157 g/mol. The Balaban J connectivity index is 2.30. The van der Waals surface area contributed by atoms with Crippen molar-refractivity contribution in [2.24, 2.45) is 11.8 Å². The monoisotopic (exact) mass is 156 g/mol. The number of aldehydes is 1. The molecule has 2 heteroatoms. The van der Waals surface area contributed by atoms with E-state index in [9.17, 15) is 4.79 Å². The summed E-state index contributed by atoms with van der Waals surface area (Å²) in [5, 5.41) is 0. The molecule has 0 aliphatic heterocycles. The maximum absolute atomic E-state index is 10.6. The van der Waals surface area contributed by atoms with Crippen LogP contribution in [-0.4, -0.2) is 11.2 Å². The van der Waals surface area contributed by atoms with E-state index >= 15 is 0 Å². The molecule has 2 aliphatic rings. The van der Waals surface area contributed by atoms with Crippen molar-refractivity contribution in [3.05, 3.63) is 12.2 Å². The van der Waals surface area contributed by atoms with Gasteiger partial charge in [0, 0.05) is 5.92 Å². The molecule has 0 aromatic heterocycles. The molecule has 2 bridgehead atoms. The maximum atomic E-state index is 10.6. The second-order valence-corrected chi connectivity index (χ2v) is 3.94. The molecule has 3 atom stereocenters. The van der Waals surface area contributed by atoms with Crippen LogP contribution in [0.15, 0.2) is 12.2 Å². The molecule has 1 saturated carbocycles. The number of alkyl halides is 1. The van der Waals surface area contributed by atoms with Crippen molar-refractivity contribution in [2.75, 3.05) is 0 Å². The standard InChI is InChI=1S/C8H9ClO/c9-8(5-10)4-6-1-2-7(8)3-6/h1-2,5-7H,3-4H2/t6-,7+,8-/m0/s1. The topological polar surface area (TPSA) is 17.1 Å². The van der Waals surface area contributed by atoms with Crippen molar-refractivity contribution in [3.8, 4) is 0 Å². The van der Waals surface area contributed by atoms with E-state index in [0.717, 1.165) is 19.1 Å². The fourth-order valence-electron chi connectivity index (χ4n) is 1.97. The highest BCUT2D eigenvalue weighted by Crippen LogP contribution is 2.48. The number of hydrogen-bond acceptors (Lipinski definition) is 1. The van der Waals surface area contributed by atoms with Gasteiger partial charge in [0.15, 0.2) is 0 Å². The summed E-state index contributed by atoms with van der Waals surface area (Å²) in [5.41, 5.74) is 0. The van der Waals surface area contributed by atoms with Gasteiger partial charge >= 0.3 is 0 Å². The first-order valence-corrected chi connectivity index (χ1v) is 3.96. The number of rotatable bonds is 1. The molecule has 2 rings (SSSR count). The number of fused-ring (bicyclic) bond motifs is 2. The molecule has 0 N–H and O–H groups in total. The Labute approximate surface area is 65.1 Å². The van der Waals surface area contributed by atoms with Gasteiger partial charge in [-0.2, -0.15) is 0 Å². The lowest BCUT2D eigenvalue weighted by Crippen LogP contribution is -2.28.